The lowest BCUT2D eigenvalue weighted by Gasteiger charge is -2.29. The zero-order valence-electron chi connectivity index (χ0n) is 87.8. The van der Waals surface area contributed by atoms with E-state index in [-0.39, 0.29) is 54.5 Å². The number of carbonyl (C=O) groups excluding carboxylic acids is 3. The van der Waals surface area contributed by atoms with E-state index in [1.165, 1.54) is 33.4 Å². The molecular weight excluding hydrogens is 1860 g/mol. The van der Waals surface area contributed by atoms with Crippen LogP contribution in [0.1, 0.15) is 251 Å². The highest BCUT2D eigenvalue weighted by molar-refractivity contribution is 5.99. The predicted molar refractivity (Wildman–Crippen MR) is 566 cm³/mol. The molecule has 6 aliphatic carbocycles. The number of amidine groups is 1. The quantitative estimate of drug-likeness (QED) is 0.0146. The van der Waals surface area contributed by atoms with Gasteiger partial charge in [-0.25, -0.2) is 38.6 Å². The number of amides is 3. The first-order chi connectivity index (χ1) is 70.0. The van der Waals surface area contributed by atoms with Gasteiger partial charge < -0.3 is 83.2 Å². The molecule has 0 saturated carbocycles. The summed E-state index contributed by atoms with van der Waals surface area (Å²) >= 11 is 0. The lowest BCUT2D eigenvalue weighted by Crippen LogP contribution is -2.36. The summed E-state index contributed by atoms with van der Waals surface area (Å²) in [5.41, 5.74) is 26.9. The molecule has 3 aromatic heterocycles. The zero-order chi connectivity index (χ0) is 106. The molecule has 3 amide bonds. The molecule has 0 aliphatic heterocycles. The average molecular weight is 1990 g/mol. The van der Waals surface area contributed by atoms with Crippen molar-refractivity contribution in [2.45, 2.75) is 252 Å². The van der Waals surface area contributed by atoms with Gasteiger partial charge >= 0.3 is 18.3 Å². The minimum Gasteiger partial charge on any atom is -0.502 e. The summed E-state index contributed by atoms with van der Waals surface area (Å²) in [6, 6.07) is 53.1. The molecule has 0 saturated heterocycles. The molecule has 147 heavy (non-hydrogen) atoms. The van der Waals surface area contributed by atoms with Crippen LogP contribution in [0.4, 0.5) is 42.8 Å². The van der Waals surface area contributed by atoms with E-state index in [9.17, 15) is 14.4 Å². The van der Waals surface area contributed by atoms with Gasteiger partial charge in [-0.15, -0.1) is 0 Å². The van der Waals surface area contributed by atoms with E-state index in [1.807, 2.05) is 196 Å². The Kier molecular flexibility index (Phi) is 35.0. The number of hydrogen-bond acceptors (Lipinski definition) is 23. The standard InChI is InChI=1S/2C23H24N4O2.C22H22N4O2.C16H23N3O3.C16H20N2O2.C15H18N2O2/c2*1-14(2)28-21-12-9-15(13-19(21)24-3)23-25-22(26-29-23)18-8-6-7-17-16(18)10-11-20(17)27(4)5;1-13(2)27-20-11-8-14(12-19(20)24-4)22-25-21(26-28-22)17-7-5-6-16-15(17)9-10-18(16)23-3;1-16(2,3)22-15(20)19(4)13-9-8-10-11(13)6-5-7-12(10)14(17)18-21;1-16(2,3)20-15(19)18(5)14-10-9-11-12(14)7-6-8-13(11)17-4;1-15(2,3)19-14(18)17-13-9-8-11-10(13)6-5-7-12(11)16-4/h2*6-9,12-14,20H,10-11H2,1-2,4-5H3;5-8,11-13,18,23H,9-10H2,1-3H3;5-7,13,21H,8-9H2,1-4H3,(H2,17,18);6-8,14H,9-10H2,1-3,5H3;5-7,13H,8-9H2,1-3H3,(H,17,18)/t2*20-;18-;13-;14-;13-/m111111/s1. The smallest absolute Gasteiger partial charge is 0.410 e. The fourth-order valence-corrected chi connectivity index (χ4v) is 19.3. The highest BCUT2D eigenvalue weighted by atomic mass is 16.6. The maximum Gasteiger partial charge on any atom is 0.410 e. The number of rotatable bonds is 19. The van der Waals surface area contributed by atoms with Crippen LogP contribution >= 0.6 is 0 Å². The summed E-state index contributed by atoms with van der Waals surface area (Å²) in [4.78, 5) is 75.6. The Morgan fingerprint density at radius 1 is 0.401 bits per heavy atom. The Balaban J connectivity index is 0.000000149. The Hall–Kier alpha value is -15.8. The normalized spacial score (nSPS) is 16.4. The Bertz CT molecular complexity index is 6840. The number of hydrogen-bond donors (Lipinski definition) is 4. The maximum atomic E-state index is 12.2. The molecule has 32 heteroatoms. The summed E-state index contributed by atoms with van der Waals surface area (Å²) < 4.78 is 49.8. The van der Waals surface area contributed by atoms with Crippen molar-refractivity contribution < 1.29 is 61.6 Å². The lowest BCUT2D eigenvalue weighted by atomic mass is 10.0. The number of benzene rings is 9. The van der Waals surface area contributed by atoms with E-state index in [0.29, 0.717) is 116 Å². The number of alkyl carbamates (subject to hydrolysis) is 1. The summed E-state index contributed by atoms with van der Waals surface area (Å²) in [5, 5.41) is 30.9. The van der Waals surface area contributed by atoms with Gasteiger partial charge in [0.1, 0.15) is 34.1 Å². The van der Waals surface area contributed by atoms with Gasteiger partial charge in [-0.3, -0.25) is 0 Å². The van der Waals surface area contributed by atoms with Crippen LogP contribution < -0.4 is 30.6 Å². The van der Waals surface area contributed by atoms with Crippen molar-refractivity contribution in [3.63, 3.8) is 0 Å². The monoisotopic (exact) mass is 1990 g/mol. The molecule has 32 nitrogen and oxygen atoms in total. The van der Waals surface area contributed by atoms with Crippen LogP contribution in [0.3, 0.4) is 0 Å². The van der Waals surface area contributed by atoms with Crippen LogP contribution in [-0.4, -0.2) is 164 Å². The molecule has 6 atom stereocenters. The van der Waals surface area contributed by atoms with Gasteiger partial charge in [0.05, 0.1) is 69.3 Å². The summed E-state index contributed by atoms with van der Waals surface area (Å²) in [6.07, 6.45) is 10.1. The third-order valence-corrected chi connectivity index (χ3v) is 25.7. The Labute approximate surface area is 861 Å². The van der Waals surface area contributed by atoms with E-state index in [2.05, 4.69) is 151 Å². The lowest BCUT2D eigenvalue weighted by molar-refractivity contribution is 0.0210. The summed E-state index contributed by atoms with van der Waals surface area (Å²) in [7, 11) is 13.9. The largest absolute Gasteiger partial charge is 0.502 e. The molecule has 0 radical (unpaired) electrons. The average Bonchev–Trinajstić information content (AvgIpc) is 1.63. The highest BCUT2D eigenvalue weighted by Crippen LogP contribution is 2.48. The minimum atomic E-state index is -0.525. The molecule has 9 aromatic carbocycles. The Morgan fingerprint density at radius 3 is 1.07 bits per heavy atom. The maximum absolute atomic E-state index is 12.2. The van der Waals surface area contributed by atoms with Gasteiger partial charge in [0.25, 0.3) is 17.7 Å². The van der Waals surface area contributed by atoms with Gasteiger partial charge in [-0.2, -0.15) is 15.0 Å². The van der Waals surface area contributed by atoms with Gasteiger partial charge in [0.2, 0.25) is 34.5 Å². The number of fused-ring (bicyclic) bond motifs is 6. The second kappa shape index (κ2) is 47.4. The molecule has 3 heterocycles. The predicted octanol–water partition coefficient (Wildman–Crippen LogP) is 26.0. The number of oxime groups is 1. The van der Waals surface area contributed by atoms with Crippen molar-refractivity contribution >= 4 is 52.6 Å². The molecule has 0 bridgehead atoms. The molecule has 18 rings (SSSR count). The first-order valence-corrected chi connectivity index (χ1v) is 49.5. The van der Waals surface area contributed by atoms with Gasteiger partial charge in [0.15, 0.2) is 17.2 Å². The Morgan fingerprint density at radius 2 is 0.707 bits per heavy atom. The topological polar surface area (TPSA) is 341 Å². The second-order valence-corrected chi connectivity index (χ2v) is 41.0. The van der Waals surface area contributed by atoms with Gasteiger partial charge in [-0.1, -0.05) is 130 Å². The first kappa shape index (κ1) is 108. The molecule has 0 spiro atoms. The SMILES string of the molecule is CN(C(=O)OC(C)(C)C)[C@@H]1CCc2c(C(N)=NO)cccc21.[C-]#[N+]c1cc(-c2nc(-c3cccc4c3CC[C@H]4N(C)C)no2)ccc1OC(C)C.[C-]#[N+]c1cc(-c2nc(-c3cccc4c3CC[C@H]4N(C)C)no2)ccc1OC(C)C.[C-]#[N+]c1cc(-c2nc(-c3cccc4c3CC[C@H]4NC)no2)ccc1OC(C)C.[C-]#[N+]c1cccc2c1CC[C@H]2N(C)C(=O)OC(C)(C)C.[C-]#[N+]c1cccc2c1CC[C@H]2NC(=O)OC(C)(C)C. The van der Waals surface area contributed by atoms with E-state index in [4.69, 9.17) is 85.8 Å². The minimum absolute atomic E-state index is 0.00144. The molecule has 764 valence electrons. The van der Waals surface area contributed by atoms with Crippen LogP contribution in [-0.2, 0) is 52.7 Å². The van der Waals surface area contributed by atoms with Crippen LogP contribution in [0.5, 0.6) is 17.2 Å². The number of carbonyl (C=O) groups is 3. The van der Waals surface area contributed by atoms with Crippen molar-refractivity contribution in [2.75, 3.05) is 49.3 Å². The van der Waals surface area contributed by atoms with Crippen molar-refractivity contribution in [1.82, 2.24) is 60.7 Å². The third-order valence-electron chi connectivity index (χ3n) is 25.7. The molecule has 12 aromatic rings. The molecule has 0 unspecified atom stereocenters. The van der Waals surface area contributed by atoms with Crippen molar-refractivity contribution in [3.8, 4) is 85.8 Å². The van der Waals surface area contributed by atoms with Crippen molar-refractivity contribution in [3.05, 3.63) is 293 Å². The molecule has 6 aliphatic rings. The molecule has 0 fully saturated rings. The van der Waals surface area contributed by atoms with Crippen LogP contribution in [0.2, 0.25) is 0 Å². The first-order valence-electron chi connectivity index (χ1n) is 49.5. The number of nitrogens with zero attached hydrogens (tertiary/aromatic N) is 16. The fourth-order valence-electron chi connectivity index (χ4n) is 19.3. The number of nitrogens with two attached hydrogens (primary N) is 1. The molecule has 5 N–H and O–H groups in total. The van der Waals surface area contributed by atoms with Gasteiger partial charge in [-0.05, 0) is 338 Å². The molecular formula is C115H131N19O13. The van der Waals surface area contributed by atoms with Crippen LogP contribution in [0, 0.1) is 32.9 Å². The highest BCUT2D eigenvalue weighted by Gasteiger charge is 2.38. The zero-order valence-corrected chi connectivity index (χ0v) is 87.8. The number of nitrogens with one attached hydrogen (secondary N) is 2. The summed E-state index contributed by atoms with van der Waals surface area (Å²) in [5.74, 6) is 4.74. The van der Waals surface area contributed by atoms with E-state index in [1.54, 1.807) is 60.3 Å². The summed E-state index contributed by atoms with van der Waals surface area (Å²) in [6.45, 7) is 64.9. The number of aromatic nitrogens is 6. The van der Waals surface area contributed by atoms with Crippen LogP contribution in [0.25, 0.3) is 92.8 Å². The fraction of sp³-hybridized carbons (Fsp3) is 0.400. The van der Waals surface area contributed by atoms with E-state index in [0.717, 1.165) is 133 Å². The van der Waals surface area contributed by atoms with Crippen LogP contribution in [0.15, 0.2) is 183 Å². The van der Waals surface area contributed by atoms with Crippen molar-refractivity contribution in [1.29, 1.82) is 0 Å². The van der Waals surface area contributed by atoms with Crippen molar-refractivity contribution in [2.24, 2.45) is 10.9 Å². The second-order valence-electron chi connectivity index (χ2n) is 41.0. The third kappa shape index (κ3) is 26.3. The number of ether oxygens (including phenoxy) is 6. The van der Waals surface area contributed by atoms with E-state index < -0.39 is 22.9 Å². The van der Waals surface area contributed by atoms with E-state index >= 15 is 0 Å². The van der Waals surface area contributed by atoms with Gasteiger partial charge in [0, 0.05) is 71.2 Å².